The number of nitrogens with zero attached hydrogens (tertiary/aromatic N) is 2. The van der Waals surface area contributed by atoms with Crippen LogP contribution in [0.2, 0.25) is 0 Å². The summed E-state index contributed by atoms with van der Waals surface area (Å²) in [6.07, 6.45) is 3.01. The van der Waals surface area contributed by atoms with Gasteiger partial charge in [-0.15, -0.1) is 0 Å². The molecule has 0 aliphatic carbocycles. The van der Waals surface area contributed by atoms with Gasteiger partial charge in [-0.1, -0.05) is 6.07 Å². The quantitative estimate of drug-likeness (QED) is 0.769. The minimum absolute atomic E-state index is 0.245. The van der Waals surface area contributed by atoms with Crippen LogP contribution in [-0.2, 0) is 0 Å². The number of hydrogen-bond acceptors (Lipinski definition) is 4. The first-order valence-electron chi connectivity index (χ1n) is 8.60. The summed E-state index contributed by atoms with van der Waals surface area (Å²) in [7, 11) is 0. The lowest BCUT2D eigenvalue weighted by atomic mass is 10.1. The van der Waals surface area contributed by atoms with Crippen LogP contribution in [0.1, 0.15) is 29.0 Å². The summed E-state index contributed by atoms with van der Waals surface area (Å²) in [5.74, 6) is 0.769. The van der Waals surface area contributed by atoms with Crippen LogP contribution in [0.4, 0.5) is 4.39 Å². The van der Waals surface area contributed by atoms with Crippen LogP contribution in [0.3, 0.4) is 0 Å². The van der Waals surface area contributed by atoms with Gasteiger partial charge >= 0.3 is 0 Å². The SMILES string of the molecule is C[C@H](NC(=O)c1cncn1-c1ccc(F)cc1)c1ccc2c(c1)OCCO2. The third-order valence-corrected chi connectivity index (χ3v) is 4.39. The number of amides is 1. The fourth-order valence-corrected chi connectivity index (χ4v) is 2.95. The third-order valence-electron chi connectivity index (χ3n) is 4.39. The van der Waals surface area contributed by atoms with Crippen molar-refractivity contribution in [1.82, 2.24) is 14.9 Å². The zero-order valence-electron chi connectivity index (χ0n) is 14.7. The number of carbonyl (C=O) groups is 1. The van der Waals surface area contributed by atoms with E-state index in [1.807, 2.05) is 25.1 Å². The maximum absolute atomic E-state index is 13.1. The van der Waals surface area contributed by atoms with Gasteiger partial charge in [0.1, 0.15) is 24.7 Å². The molecule has 0 unspecified atom stereocenters. The van der Waals surface area contributed by atoms with Gasteiger partial charge in [0.05, 0.1) is 18.6 Å². The second kappa shape index (κ2) is 7.11. The predicted octanol–water partition coefficient (Wildman–Crippen LogP) is 3.27. The van der Waals surface area contributed by atoms with Gasteiger partial charge in [0, 0.05) is 5.69 Å². The number of nitrogens with one attached hydrogen (secondary N) is 1. The van der Waals surface area contributed by atoms with Crippen LogP contribution in [0.15, 0.2) is 55.0 Å². The average Bonchev–Trinajstić information content (AvgIpc) is 3.18. The average molecular weight is 367 g/mol. The first-order chi connectivity index (χ1) is 13.1. The fraction of sp³-hybridized carbons (Fsp3) is 0.200. The van der Waals surface area contributed by atoms with E-state index in [0.717, 1.165) is 5.56 Å². The molecule has 1 aliphatic heterocycles. The van der Waals surface area contributed by atoms with Gasteiger partial charge in [-0.25, -0.2) is 9.37 Å². The second-order valence-electron chi connectivity index (χ2n) is 6.22. The Morgan fingerprint density at radius 1 is 1.15 bits per heavy atom. The summed E-state index contributed by atoms with van der Waals surface area (Å²) in [5, 5.41) is 2.96. The number of rotatable bonds is 4. The Balaban J connectivity index is 1.53. The molecule has 0 fully saturated rings. The zero-order valence-corrected chi connectivity index (χ0v) is 14.7. The zero-order chi connectivity index (χ0) is 18.8. The van der Waals surface area contributed by atoms with Crippen molar-refractivity contribution < 1.29 is 18.7 Å². The number of imidazole rings is 1. The van der Waals surface area contributed by atoms with Gasteiger partial charge in [-0.3, -0.25) is 9.36 Å². The molecule has 1 atom stereocenters. The Hall–Kier alpha value is -3.35. The highest BCUT2D eigenvalue weighted by molar-refractivity contribution is 5.93. The molecule has 0 radical (unpaired) electrons. The molecule has 1 aromatic heterocycles. The standard InChI is InChI=1S/C20H18FN3O3/c1-13(14-2-7-18-19(10-14)27-9-8-26-18)23-20(25)17-11-22-12-24(17)16-5-3-15(21)4-6-16/h2-7,10-13H,8-9H2,1H3,(H,23,25)/t13-/m0/s1. The predicted molar refractivity (Wildman–Crippen MR) is 96.8 cm³/mol. The van der Waals surface area contributed by atoms with Crippen molar-refractivity contribution >= 4 is 5.91 Å². The molecule has 1 amide bonds. The maximum atomic E-state index is 13.1. The van der Waals surface area contributed by atoms with Crippen LogP contribution in [0.25, 0.3) is 5.69 Å². The molecule has 138 valence electrons. The van der Waals surface area contributed by atoms with Crippen molar-refractivity contribution in [3.8, 4) is 17.2 Å². The molecule has 1 N–H and O–H groups in total. The lowest BCUT2D eigenvalue weighted by Gasteiger charge is -2.21. The van der Waals surface area contributed by atoms with E-state index in [2.05, 4.69) is 10.3 Å². The van der Waals surface area contributed by atoms with Crippen LogP contribution in [0, 0.1) is 5.82 Å². The Bertz CT molecular complexity index is 969. The highest BCUT2D eigenvalue weighted by Gasteiger charge is 2.19. The Kier molecular flexibility index (Phi) is 4.50. The van der Waals surface area contributed by atoms with Crippen LogP contribution >= 0.6 is 0 Å². The normalized spacial score (nSPS) is 13.9. The van der Waals surface area contributed by atoms with E-state index in [9.17, 15) is 9.18 Å². The van der Waals surface area contributed by atoms with E-state index < -0.39 is 0 Å². The first kappa shape index (κ1) is 17.1. The molecule has 4 rings (SSSR count). The first-order valence-corrected chi connectivity index (χ1v) is 8.60. The lowest BCUT2D eigenvalue weighted by Crippen LogP contribution is -2.28. The fourth-order valence-electron chi connectivity index (χ4n) is 2.95. The largest absolute Gasteiger partial charge is 0.486 e. The Morgan fingerprint density at radius 2 is 1.89 bits per heavy atom. The van der Waals surface area contributed by atoms with Crippen molar-refractivity contribution in [2.45, 2.75) is 13.0 Å². The molecule has 2 aromatic carbocycles. The van der Waals surface area contributed by atoms with Gasteiger partial charge in [0.2, 0.25) is 0 Å². The smallest absolute Gasteiger partial charge is 0.270 e. The molecule has 0 spiro atoms. The molecule has 7 heteroatoms. The summed E-state index contributed by atoms with van der Waals surface area (Å²) >= 11 is 0. The summed E-state index contributed by atoms with van der Waals surface area (Å²) in [5.41, 5.74) is 1.93. The second-order valence-corrected chi connectivity index (χ2v) is 6.22. The van der Waals surface area contributed by atoms with Gasteiger partial charge in [-0.05, 0) is 48.9 Å². The van der Waals surface area contributed by atoms with Crippen molar-refractivity contribution in [2.75, 3.05) is 13.2 Å². The number of halogens is 1. The number of ether oxygens (including phenoxy) is 2. The Labute approximate surface area is 155 Å². The highest BCUT2D eigenvalue weighted by atomic mass is 19.1. The van der Waals surface area contributed by atoms with Crippen molar-refractivity contribution in [2.24, 2.45) is 0 Å². The lowest BCUT2D eigenvalue weighted by molar-refractivity contribution is 0.0933. The van der Waals surface area contributed by atoms with E-state index in [0.29, 0.717) is 36.1 Å². The maximum Gasteiger partial charge on any atom is 0.270 e. The van der Waals surface area contributed by atoms with E-state index in [-0.39, 0.29) is 17.8 Å². The van der Waals surface area contributed by atoms with Crippen molar-refractivity contribution in [3.05, 3.63) is 72.1 Å². The third kappa shape index (κ3) is 3.48. The summed E-state index contributed by atoms with van der Waals surface area (Å²) < 4.78 is 25.9. The van der Waals surface area contributed by atoms with Crippen molar-refractivity contribution in [1.29, 1.82) is 0 Å². The minimum Gasteiger partial charge on any atom is -0.486 e. The molecular formula is C20H18FN3O3. The van der Waals surface area contributed by atoms with Crippen molar-refractivity contribution in [3.63, 3.8) is 0 Å². The number of aromatic nitrogens is 2. The minimum atomic E-state index is -0.336. The number of hydrogen-bond donors (Lipinski definition) is 1. The van der Waals surface area contributed by atoms with E-state index in [4.69, 9.17) is 9.47 Å². The van der Waals surface area contributed by atoms with Crippen LogP contribution in [-0.4, -0.2) is 28.7 Å². The molecule has 0 saturated carbocycles. The van der Waals surface area contributed by atoms with Crippen LogP contribution < -0.4 is 14.8 Å². The van der Waals surface area contributed by atoms with Gasteiger partial charge in [0.15, 0.2) is 11.5 Å². The number of carbonyl (C=O) groups excluding carboxylic acids is 1. The monoisotopic (exact) mass is 367 g/mol. The van der Waals surface area contributed by atoms with Gasteiger partial charge in [0.25, 0.3) is 5.91 Å². The molecule has 2 heterocycles. The number of fused-ring (bicyclic) bond motifs is 1. The van der Waals surface area contributed by atoms with E-state index in [1.165, 1.54) is 24.7 Å². The number of benzene rings is 2. The molecule has 27 heavy (non-hydrogen) atoms. The highest BCUT2D eigenvalue weighted by Crippen LogP contribution is 2.32. The summed E-state index contributed by atoms with van der Waals surface area (Å²) in [6, 6.07) is 11.2. The van der Waals surface area contributed by atoms with Crippen LogP contribution in [0.5, 0.6) is 11.5 Å². The van der Waals surface area contributed by atoms with Gasteiger partial charge in [-0.2, -0.15) is 0 Å². The molecule has 0 bridgehead atoms. The Morgan fingerprint density at radius 3 is 2.67 bits per heavy atom. The summed E-state index contributed by atoms with van der Waals surface area (Å²) in [6.45, 7) is 2.93. The van der Waals surface area contributed by atoms with E-state index >= 15 is 0 Å². The van der Waals surface area contributed by atoms with E-state index in [1.54, 1.807) is 16.7 Å². The molecule has 6 nitrogen and oxygen atoms in total. The summed E-state index contributed by atoms with van der Waals surface area (Å²) in [4.78, 5) is 16.8. The topological polar surface area (TPSA) is 65.4 Å². The molecular weight excluding hydrogens is 349 g/mol. The van der Waals surface area contributed by atoms with Gasteiger partial charge < -0.3 is 14.8 Å². The molecule has 0 saturated heterocycles. The molecule has 1 aliphatic rings. The molecule has 3 aromatic rings.